The third kappa shape index (κ3) is 6.57. The molecule has 1 aromatic rings. The number of sulfone groups is 1. The van der Waals surface area contributed by atoms with Crippen molar-refractivity contribution >= 4 is 37.6 Å². The van der Waals surface area contributed by atoms with Gasteiger partial charge in [-0.3, -0.25) is 9.59 Å². The fraction of sp³-hybridized carbons (Fsp3) is 0.429. The molecule has 0 saturated carbocycles. The summed E-state index contributed by atoms with van der Waals surface area (Å²) in [7, 11) is -3.59. The van der Waals surface area contributed by atoms with Crippen LogP contribution in [0.3, 0.4) is 0 Å². The van der Waals surface area contributed by atoms with Gasteiger partial charge >= 0.3 is 5.97 Å². The Balaban J connectivity index is 2.67. The van der Waals surface area contributed by atoms with Gasteiger partial charge in [0.05, 0.1) is 12.2 Å². The first-order valence-electron chi connectivity index (χ1n) is 6.68. The van der Waals surface area contributed by atoms with Crippen LogP contribution in [0.15, 0.2) is 28.7 Å². The zero-order valence-corrected chi connectivity index (χ0v) is 14.6. The molecule has 8 heteroatoms. The average molecular weight is 392 g/mol. The predicted molar refractivity (Wildman–Crippen MR) is 86.1 cm³/mol. The Bertz CT molecular complexity index is 627. The van der Waals surface area contributed by atoms with E-state index in [1.807, 2.05) is 0 Å². The highest BCUT2D eigenvalue weighted by Crippen LogP contribution is 2.13. The summed E-state index contributed by atoms with van der Waals surface area (Å²) in [5.41, 5.74) is 0.601. The molecule has 0 atom stereocenters. The number of carboxylic acids is 1. The molecule has 0 unspecified atom stereocenters. The molecule has 0 aliphatic carbocycles. The molecule has 6 nitrogen and oxygen atoms in total. The third-order valence-corrected chi connectivity index (χ3v) is 4.96. The van der Waals surface area contributed by atoms with E-state index in [2.05, 4.69) is 15.9 Å². The molecule has 0 aliphatic rings. The summed E-state index contributed by atoms with van der Waals surface area (Å²) in [6.45, 7) is 1.97. The van der Waals surface area contributed by atoms with Crippen LogP contribution in [0, 0.1) is 0 Å². The van der Waals surface area contributed by atoms with Crippen LogP contribution in [-0.4, -0.2) is 49.1 Å². The molecule has 0 fully saturated rings. The van der Waals surface area contributed by atoms with E-state index in [9.17, 15) is 18.0 Å². The second kappa shape index (κ2) is 8.28. The number of amides is 1. The molecule has 122 valence electrons. The topological polar surface area (TPSA) is 91.8 Å². The molecule has 0 radical (unpaired) electrons. The summed E-state index contributed by atoms with van der Waals surface area (Å²) in [6.07, 6.45) is -0.202. The van der Waals surface area contributed by atoms with Crippen LogP contribution in [0.5, 0.6) is 0 Å². The molecule has 1 N–H and O–H groups in total. The number of carboxylic acid groups (broad SMARTS) is 1. The quantitative estimate of drug-likeness (QED) is 0.727. The average Bonchev–Trinajstić information content (AvgIpc) is 2.41. The number of aliphatic carboxylic acids is 1. The van der Waals surface area contributed by atoms with Crippen LogP contribution in [0.25, 0.3) is 0 Å². The molecule has 0 aliphatic heterocycles. The van der Waals surface area contributed by atoms with Crippen LogP contribution >= 0.6 is 15.9 Å². The second-order valence-corrected chi connectivity index (χ2v) is 7.76. The standard InChI is InChI=1S/C14H18BrNO5S/c1-2-16(8-7-14(18)19)13(17)10-22(20,21)9-11-3-5-12(15)6-4-11/h3-6H,2,7-10H2,1H3,(H,18,19). The van der Waals surface area contributed by atoms with Crippen LogP contribution in [0.4, 0.5) is 0 Å². The van der Waals surface area contributed by atoms with Crippen LogP contribution in [-0.2, 0) is 25.2 Å². The second-order valence-electron chi connectivity index (χ2n) is 4.78. The van der Waals surface area contributed by atoms with Crippen molar-refractivity contribution in [1.82, 2.24) is 4.90 Å². The Morgan fingerprint density at radius 1 is 1.23 bits per heavy atom. The van der Waals surface area contributed by atoms with E-state index in [0.29, 0.717) is 5.56 Å². The molecule has 1 rings (SSSR count). The van der Waals surface area contributed by atoms with E-state index in [1.54, 1.807) is 31.2 Å². The number of carbonyl (C=O) groups excluding carboxylic acids is 1. The van der Waals surface area contributed by atoms with Gasteiger partial charge in [-0.25, -0.2) is 8.42 Å². The highest BCUT2D eigenvalue weighted by atomic mass is 79.9. The molecule has 1 amide bonds. The van der Waals surface area contributed by atoms with Crippen molar-refractivity contribution < 1.29 is 23.1 Å². The van der Waals surface area contributed by atoms with E-state index >= 15 is 0 Å². The van der Waals surface area contributed by atoms with Crippen LogP contribution in [0.2, 0.25) is 0 Å². The molecule has 0 heterocycles. The van der Waals surface area contributed by atoms with E-state index in [-0.39, 0.29) is 25.3 Å². The minimum Gasteiger partial charge on any atom is -0.481 e. The first-order chi connectivity index (χ1) is 10.2. The first kappa shape index (κ1) is 18.6. The van der Waals surface area contributed by atoms with Crippen molar-refractivity contribution in [3.05, 3.63) is 34.3 Å². The Kier molecular flexibility index (Phi) is 7.02. The van der Waals surface area contributed by atoms with Gasteiger partial charge in [0.1, 0.15) is 5.75 Å². The number of nitrogens with zero attached hydrogens (tertiary/aromatic N) is 1. The number of hydrogen-bond acceptors (Lipinski definition) is 4. The summed E-state index contributed by atoms with van der Waals surface area (Å²) >= 11 is 3.26. The Morgan fingerprint density at radius 2 is 1.82 bits per heavy atom. The summed E-state index contributed by atoms with van der Waals surface area (Å²) in [6, 6.07) is 6.82. The van der Waals surface area contributed by atoms with Gasteiger partial charge in [-0.2, -0.15) is 0 Å². The van der Waals surface area contributed by atoms with Gasteiger partial charge in [-0.15, -0.1) is 0 Å². The van der Waals surface area contributed by atoms with Gasteiger partial charge in [-0.05, 0) is 24.6 Å². The lowest BCUT2D eigenvalue weighted by Gasteiger charge is -2.19. The maximum Gasteiger partial charge on any atom is 0.305 e. The van der Waals surface area contributed by atoms with Crippen molar-refractivity contribution in [3.63, 3.8) is 0 Å². The molecular weight excluding hydrogens is 374 g/mol. The Hall–Kier alpha value is -1.41. The number of benzene rings is 1. The number of halogens is 1. The van der Waals surface area contributed by atoms with Crippen molar-refractivity contribution in [2.45, 2.75) is 19.1 Å². The highest BCUT2D eigenvalue weighted by molar-refractivity contribution is 9.10. The smallest absolute Gasteiger partial charge is 0.305 e. The lowest BCUT2D eigenvalue weighted by Crippen LogP contribution is -2.37. The van der Waals surface area contributed by atoms with Gasteiger partial charge in [0.15, 0.2) is 9.84 Å². The monoisotopic (exact) mass is 391 g/mol. The van der Waals surface area contributed by atoms with Crippen molar-refractivity contribution in [3.8, 4) is 0 Å². The Morgan fingerprint density at radius 3 is 2.32 bits per heavy atom. The maximum atomic E-state index is 12.1. The van der Waals surface area contributed by atoms with E-state index in [1.165, 1.54) is 4.90 Å². The number of rotatable bonds is 8. The van der Waals surface area contributed by atoms with E-state index in [4.69, 9.17) is 5.11 Å². The van der Waals surface area contributed by atoms with Gasteiger partial charge in [0, 0.05) is 17.6 Å². The number of carbonyl (C=O) groups is 2. The fourth-order valence-corrected chi connectivity index (χ4v) is 3.48. The van der Waals surface area contributed by atoms with E-state index in [0.717, 1.165) is 4.47 Å². The highest BCUT2D eigenvalue weighted by Gasteiger charge is 2.21. The first-order valence-corrected chi connectivity index (χ1v) is 9.29. The summed E-state index contributed by atoms with van der Waals surface area (Å²) < 4.78 is 25.0. The molecule has 0 aromatic heterocycles. The lowest BCUT2D eigenvalue weighted by atomic mass is 10.2. The zero-order chi connectivity index (χ0) is 16.8. The third-order valence-electron chi connectivity index (χ3n) is 2.97. The minimum absolute atomic E-state index is 0.0124. The molecule has 0 saturated heterocycles. The van der Waals surface area contributed by atoms with Gasteiger partial charge in [0.25, 0.3) is 0 Å². The number of hydrogen-bond donors (Lipinski definition) is 1. The molecule has 0 bridgehead atoms. The van der Waals surface area contributed by atoms with Gasteiger partial charge < -0.3 is 10.0 Å². The van der Waals surface area contributed by atoms with Crippen molar-refractivity contribution in [1.29, 1.82) is 0 Å². The summed E-state index contributed by atoms with van der Waals surface area (Å²) in [5.74, 6) is -2.43. The summed E-state index contributed by atoms with van der Waals surface area (Å²) in [5, 5.41) is 8.63. The minimum atomic E-state index is -3.59. The normalized spacial score (nSPS) is 11.2. The fourth-order valence-electron chi connectivity index (χ4n) is 1.85. The van der Waals surface area contributed by atoms with Gasteiger partial charge in [0.2, 0.25) is 5.91 Å². The largest absolute Gasteiger partial charge is 0.481 e. The maximum absolute atomic E-state index is 12.1. The molecular formula is C14H18BrNO5S. The van der Waals surface area contributed by atoms with Crippen molar-refractivity contribution in [2.75, 3.05) is 18.8 Å². The Labute approximate surface area is 138 Å². The van der Waals surface area contributed by atoms with E-state index < -0.39 is 27.5 Å². The van der Waals surface area contributed by atoms with Gasteiger partial charge in [-0.1, -0.05) is 28.1 Å². The molecule has 0 spiro atoms. The molecule has 1 aromatic carbocycles. The SMILES string of the molecule is CCN(CCC(=O)O)C(=O)CS(=O)(=O)Cc1ccc(Br)cc1. The van der Waals surface area contributed by atoms with Crippen LogP contribution < -0.4 is 0 Å². The predicted octanol–water partition coefficient (Wildman–Crippen LogP) is 1.69. The zero-order valence-electron chi connectivity index (χ0n) is 12.2. The summed E-state index contributed by atoms with van der Waals surface area (Å²) in [4.78, 5) is 23.8. The molecule has 22 heavy (non-hydrogen) atoms. The lowest BCUT2D eigenvalue weighted by molar-refractivity contribution is -0.138. The van der Waals surface area contributed by atoms with Crippen LogP contribution in [0.1, 0.15) is 18.9 Å². The van der Waals surface area contributed by atoms with Crippen molar-refractivity contribution in [2.24, 2.45) is 0 Å².